The molecule has 0 radical (unpaired) electrons. The minimum atomic E-state index is -0.353. The third-order valence-electron chi connectivity index (χ3n) is 4.16. The normalized spacial score (nSPS) is 21.0. The molecule has 3 rings (SSSR count). The van der Waals surface area contributed by atoms with Gasteiger partial charge in [-0.3, -0.25) is 9.48 Å². The van der Waals surface area contributed by atoms with Crippen LogP contribution in [0.1, 0.15) is 17.0 Å². The number of nitrogens with one attached hydrogen (secondary N) is 2. The molecule has 1 fully saturated rings. The molecule has 0 spiro atoms. The standard InChI is InChI=1S/C16H19FN4O/c1-10-3-4-12(17)5-15(10)20-16(22)14-8-18-7-13(14)11-6-19-21(2)9-11/h3-6,9,13-14,18H,7-8H2,1-2H3,(H,20,22)/t13-,14+/m1/s1. The van der Waals surface area contributed by atoms with E-state index in [0.717, 1.165) is 17.7 Å². The Morgan fingerprint density at radius 1 is 1.45 bits per heavy atom. The van der Waals surface area contributed by atoms with Gasteiger partial charge in [-0.1, -0.05) is 6.07 Å². The van der Waals surface area contributed by atoms with Crippen LogP contribution in [0.25, 0.3) is 0 Å². The first-order valence-corrected chi connectivity index (χ1v) is 7.31. The summed E-state index contributed by atoms with van der Waals surface area (Å²) in [4.78, 5) is 12.6. The Labute approximate surface area is 128 Å². The summed E-state index contributed by atoms with van der Waals surface area (Å²) in [7, 11) is 1.86. The number of carbonyl (C=O) groups excluding carboxylic acids is 1. The van der Waals surface area contributed by atoms with Crippen LogP contribution in [0.15, 0.2) is 30.6 Å². The van der Waals surface area contributed by atoms with E-state index in [9.17, 15) is 9.18 Å². The number of amides is 1. The third kappa shape index (κ3) is 2.87. The first kappa shape index (κ1) is 14.7. The second-order valence-electron chi connectivity index (χ2n) is 5.77. The van der Waals surface area contributed by atoms with Crippen molar-refractivity contribution < 1.29 is 9.18 Å². The monoisotopic (exact) mass is 302 g/mol. The number of hydrogen-bond acceptors (Lipinski definition) is 3. The molecule has 22 heavy (non-hydrogen) atoms. The second kappa shape index (κ2) is 5.88. The zero-order valence-electron chi connectivity index (χ0n) is 12.6. The lowest BCUT2D eigenvalue weighted by atomic mass is 9.90. The molecule has 1 aliphatic heterocycles. The minimum Gasteiger partial charge on any atom is -0.325 e. The van der Waals surface area contributed by atoms with Gasteiger partial charge in [0.25, 0.3) is 0 Å². The van der Waals surface area contributed by atoms with Crippen LogP contribution in [0.4, 0.5) is 10.1 Å². The number of halogens is 1. The number of anilines is 1. The number of benzene rings is 1. The van der Waals surface area contributed by atoms with E-state index in [4.69, 9.17) is 0 Å². The first-order chi connectivity index (χ1) is 10.5. The van der Waals surface area contributed by atoms with Crippen molar-refractivity contribution in [2.24, 2.45) is 13.0 Å². The van der Waals surface area contributed by atoms with E-state index in [0.29, 0.717) is 12.2 Å². The fourth-order valence-corrected chi connectivity index (χ4v) is 2.89. The lowest BCUT2D eigenvalue weighted by Gasteiger charge is -2.18. The van der Waals surface area contributed by atoms with Crippen molar-refractivity contribution in [3.05, 3.63) is 47.5 Å². The maximum Gasteiger partial charge on any atom is 0.229 e. The van der Waals surface area contributed by atoms with Crippen LogP contribution >= 0.6 is 0 Å². The van der Waals surface area contributed by atoms with Crippen molar-refractivity contribution in [2.45, 2.75) is 12.8 Å². The molecule has 0 aliphatic carbocycles. The van der Waals surface area contributed by atoms with Crippen LogP contribution in [-0.2, 0) is 11.8 Å². The van der Waals surface area contributed by atoms with Crippen molar-refractivity contribution >= 4 is 11.6 Å². The van der Waals surface area contributed by atoms with Crippen LogP contribution in [0.5, 0.6) is 0 Å². The summed E-state index contributed by atoms with van der Waals surface area (Å²) in [5.41, 5.74) is 2.42. The highest BCUT2D eigenvalue weighted by molar-refractivity contribution is 5.94. The molecule has 0 saturated carbocycles. The number of hydrogen-bond donors (Lipinski definition) is 2. The Balaban J connectivity index is 1.77. The molecular weight excluding hydrogens is 283 g/mol. The van der Waals surface area contributed by atoms with Crippen LogP contribution < -0.4 is 10.6 Å². The lowest BCUT2D eigenvalue weighted by Crippen LogP contribution is -2.28. The van der Waals surface area contributed by atoms with Crippen molar-refractivity contribution in [3.8, 4) is 0 Å². The molecule has 0 unspecified atom stereocenters. The van der Waals surface area contributed by atoms with Crippen LogP contribution in [-0.4, -0.2) is 28.8 Å². The molecule has 5 nitrogen and oxygen atoms in total. The van der Waals surface area contributed by atoms with Gasteiger partial charge in [-0.05, 0) is 30.2 Å². The summed E-state index contributed by atoms with van der Waals surface area (Å²) in [6.45, 7) is 3.20. The van der Waals surface area contributed by atoms with E-state index in [-0.39, 0.29) is 23.6 Å². The fraction of sp³-hybridized carbons (Fsp3) is 0.375. The van der Waals surface area contributed by atoms with Gasteiger partial charge in [0, 0.05) is 37.9 Å². The Kier molecular flexibility index (Phi) is 3.94. The highest BCUT2D eigenvalue weighted by Gasteiger charge is 2.34. The zero-order chi connectivity index (χ0) is 15.7. The topological polar surface area (TPSA) is 59.0 Å². The van der Waals surface area contributed by atoms with Crippen molar-refractivity contribution in [1.82, 2.24) is 15.1 Å². The average molecular weight is 302 g/mol. The molecule has 1 aromatic heterocycles. The summed E-state index contributed by atoms with van der Waals surface area (Å²) < 4.78 is 15.1. The predicted molar refractivity (Wildman–Crippen MR) is 82.1 cm³/mol. The largest absolute Gasteiger partial charge is 0.325 e. The SMILES string of the molecule is Cc1ccc(F)cc1NC(=O)[C@H]1CNC[C@@H]1c1cnn(C)c1. The van der Waals surface area contributed by atoms with Gasteiger partial charge in [-0.25, -0.2) is 4.39 Å². The fourth-order valence-electron chi connectivity index (χ4n) is 2.89. The van der Waals surface area contributed by atoms with Gasteiger partial charge in [0.05, 0.1) is 12.1 Å². The van der Waals surface area contributed by atoms with Gasteiger partial charge in [-0.15, -0.1) is 0 Å². The quantitative estimate of drug-likeness (QED) is 0.909. The lowest BCUT2D eigenvalue weighted by molar-refractivity contribution is -0.119. The van der Waals surface area contributed by atoms with Gasteiger partial charge >= 0.3 is 0 Å². The summed E-state index contributed by atoms with van der Waals surface area (Å²) in [5, 5.41) is 10.3. The molecule has 6 heteroatoms. The summed E-state index contributed by atoms with van der Waals surface area (Å²) in [5.74, 6) is -0.545. The second-order valence-corrected chi connectivity index (χ2v) is 5.77. The van der Waals surface area contributed by atoms with E-state index < -0.39 is 0 Å². The molecule has 1 saturated heterocycles. The van der Waals surface area contributed by atoms with E-state index in [1.807, 2.05) is 20.2 Å². The number of carbonyl (C=O) groups is 1. The molecule has 2 atom stereocenters. The van der Waals surface area contributed by atoms with Gasteiger partial charge in [0.1, 0.15) is 5.82 Å². The van der Waals surface area contributed by atoms with Gasteiger partial charge in [0.2, 0.25) is 5.91 Å². The highest BCUT2D eigenvalue weighted by Crippen LogP contribution is 2.29. The molecule has 1 aromatic carbocycles. The molecule has 0 bridgehead atoms. The summed E-state index contributed by atoms with van der Waals surface area (Å²) >= 11 is 0. The van der Waals surface area contributed by atoms with Gasteiger partial charge in [-0.2, -0.15) is 5.10 Å². The predicted octanol–water partition coefficient (Wildman–Crippen LogP) is 1.81. The Hall–Kier alpha value is -2.21. The molecule has 1 aliphatic rings. The Bertz CT molecular complexity index is 697. The van der Waals surface area contributed by atoms with Gasteiger partial charge < -0.3 is 10.6 Å². The zero-order valence-corrected chi connectivity index (χ0v) is 12.6. The average Bonchev–Trinajstić information content (AvgIpc) is 3.11. The molecule has 116 valence electrons. The highest BCUT2D eigenvalue weighted by atomic mass is 19.1. The maximum absolute atomic E-state index is 13.3. The van der Waals surface area contributed by atoms with E-state index in [2.05, 4.69) is 15.7 Å². The van der Waals surface area contributed by atoms with Gasteiger partial charge in [0.15, 0.2) is 0 Å². The van der Waals surface area contributed by atoms with Crippen molar-refractivity contribution in [3.63, 3.8) is 0 Å². The number of rotatable bonds is 3. The molecular formula is C16H19FN4O. The molecule has 2 aromatic rings. The minimum absolute atomic E-state index is 0.0857. The molecule has 2 N–H and O–H groups in total. The molecule has 2 heterocycles. The third-order valence-corrected chi connectivity index (χ3v) is 4.16. The smallest absolute Gasteiger partial charge is 0.229 e. The Morgan fingerprint density at radius 3 is 3.00 bits per heavy atom. The number of aromatic nitrogens is 2. The van der Waals surface area contributed by atoms with Crippen molar-refractivity contribution in [2.75, 3.05) is 18.4 Å². The van der Waals surface area contributed by atoms with E-state index in [1.54, 1.807) is 16.9 Å². The number of aryl methyl sites for hydroxylation is 2. The Morgan fingerprint density at radius 2 is 2.27 bits per heavy atom. The van der Waals surface area contributed by atoms with Crippen LogP contribution in [0.3, 0.4) is 0 Å². The van der Waals surface area contributed by atoms with Crippen molar-refractivity contribution in [1.29, 1.82) is 0 Å². The van der Waals surface area contributed by atoms with Crippen LogP contribution in [0, 0.1) is 18.7 Å². The van der Waals surface area contributed by atoms with Crippen LogP contribution in [0.2, 0.25) is 0 Å². The molecule has 1 amide bonds. The summed E-state index contributed by atoms with van der Waals surface area (Å²) in [6.07, 6.45) is 3.73. The summed E-state index contributed by atoms with van der Waals surface area (Å²) in [6, 6.07) is 4.41. The van der Waals surface area contributed by atoms with E-state index in [1.165, 1.54) is 12.1 Å². The number of nitrogens with zero attached hydrogens (tertiary/aromatic N) is 2. The first-order valence-electron chi connectivity index (χ1n) is 7.31. The maximum atomic E-state index is 13.3. The van der Waals surface area contributed by atoms with E-state index >= 15 is 0 Å².